The number of hydrogen-bond donors (Lipinski definition) is 0. The fourth-order valence-corrected chi connectivity index (χ4v) is 1.48. The molecule has 0 amide bonds. The van der Waals surface area contributed by atoms with E-state index < -0.39 is 5.54 Å². The van der Waals surface area contributed by atoms with Crippen molar-refractivity contribution in [1.82, 2.24) is 0 Å². The van der Waals surface area contributed by atoms with E-state index in [-0.39, 0.29) is 0 Å². The van der Waals surface area contributed by atoms with Gasteiger partial charge in [-0.05, 0) is 37.5 Å². The highest BCUT2D eigenvalue weighted by Crippen LogP contribution is 2.24. The van der Waals surface area contributed by atoms with E-state index in [0.717, 1.165) is 5.69 Å². The molecule has 16 heavy (non-hydrogen) atoms. The second-order valence-corrected chi connectivity index (χ2v) is 4.98. The Morgan fingerprint density at radius 1 is 1.19 bits per heavy atom. The van der Waals surface area contributed by atoms with E-state index in [4.69, 9.17) is 5.26 Å². The molecule has 1 aromatic carbocycles. The first-order valence-electron chi connectivity index (χ1n) is 5.63. The van der Waals surface area contributed by atoms with Gasteiger partial charge in [-0.2, -0.15) is 5.26 Å². The van der Waals surface area contributed by atoms with Gasteiger partial charge in [0.05, 0.1) is 6.07 Å². The zero-order chi connectivity index (χ0) is 12.3. The van der Waals surface area contributed by atoms with Crippen LogP contribution in [0, 0.1) is 11.3 Å². The molecule has 0 saturated carbocycles. The van der Waals surface area contributed by atoms with Crippen LogP contribution in [-0.2, 0) is 0 Å². The summed E-state index contributed by atoms with van der Waals surface area (Å²) in [5.41, 5.74) is 1.93. The van der Waals surface area contributed by atoms with Crippen molar-refractivity contribution in [2.75, 3.05) is 11.9 Å². The van der Waals surface area contributed by atoms with E-state index in [2.05, 4.69) is 44.2 Å². The highest BCUT2D eigenvalue weighted by molar-refractivity contribution is 5.51. The number of anilines is 1. The molecule has 2 nitrogen and oxygen atoms in total. The Bertz CT molecular complexity index is 382. The second kappa shape index (κ2) is 4.57. The zero-order valence-electron chi connectivity index (χ0n) is 10.8. The fourth-order valence-electron chi connectivity index (χ4n) is 1.48. The Morgan fingerprint density at radius 3 is 2.06 bits per heavy atom. The molecule has 0 bridgehead atoms. The van der Waals surface area contributed by atoms with E-state index in [9.17, 15) is 0 Å². The lowest BCUT2D eigenvalue weighted by Gasteiger charge is -2.31. The van der Waals surface area contributed by atoms with Gasteiger partial charge in [0.15, 0.2) is 0 Å². The number of rotatable bonds is 3. The molecule has 0 N–H and O–H groups in total. The summed E-state index contributed by atoms with van der Waals surface area (Å²) in [7, 11) is 1.95. The van der Waals surface area contributed by atoms with Crippen molar-refractivity contribution in [3.8, 4) is 6.07 Å². The minimum absolute atomic E-state index is 0.473. The van der Waals surface area contributed by atoms with Crippen molar-refractivity contribution in [3.63, 3.8) is 0 Å². The van der Waals surface area contributed by atoms with Gasteiger partial charge in [0.25, 0.3) is 0 Å². The average molecular weight is 216 g/mol. The molecule has 2 heteroatoms. The SMILES string of the molecule is CC(C)c1ccc(N(C)C(C)(C)C#N)cc1. The van der Waals surface area contributed by atoms with Gasteiger partial charge < -0.3 is 4.90 Å². The van der Waals surface area contributed by atoms with Crippen LogP contribution >= 0.6 is 0 Å². The van der Waals surface area contributed by atoms with Crippen LogP contribution in [0.2, 0.25) is 0 Å². The molecule has 0 radical (unpaired) electrons. The lowest BCUT2D eigenvalue weighted by atomic mass is 10.0. The van der Waals surface area contributed by atoms with Crippen LogP contribution in [0.25, 0.3) is 0 Å². The number of nitrogens with zero attached hydrogens (tertiary/aromatic N) is 2. The van der Waals surface area contributed by atoms with Crippen LogP contribution in [0.3, 0.4) is 0 Å². The van der Waals surface area contributed by atoms with Gasteiger partial charge in [-0.15, -0.1) is 0 Å². The Hall–Kier alpha value is -1.49. The predicted octanol–water partition coefficient (Wildman–Crippen LogP) is 3.55. The van der Waals surface area contributed by atoms with Gasteiger partial charge in [-0.25, -0.2) is 0 Å². The van der Waals surface area contributed by atoms with Crippen molar-refractivity contribution in [2.24, 2.45) is 0 Å². The summed E-state index contributed by atoms with van der Waals surface area (Å²) in [5, 5.41) is 9.08. The third-order valence-corrected chi connectivity index (χ3v) is 3.06. The molecular formula is C14H20N2. The molecule has 0 aromatic heterocycles. The summed E-state index contributed by atoms with van der Waals surface area (Å²) in [4.78, 5) is 2.00. The molecular weight excluding hydrogens is 196 g/mol. The Kier molecular flexibility index (Phi) is 3.59. The minimum Gasteiger partial charge on any atom is -0.357 e. The first-order valence-corrected chi connectivity index (χ1v) is 5.63. The van der Waals surface area contributed by atoms with Gasteiger partial charge in [-0.1, -0.05) is 26.0 Å². The summed E-state index contributed by atoms with van der Waals surface area (Å²) in [6, 6.07) is 10.7. The van der Waals surface area contributed by atoms with E-state index in [0.29, 0.717) is 5.92 Å². The lowest BCUT2D eigenvalue weighted by Crippen LogP contribution is -2.39. The quantitative estimate of drug-likeness (QED) is 0.772. The first-order chi connectivity index (χ1) is 7.38. The van der Waals surface area contributed by atoms with Gasteiger partial charge in [-0.3, -0.25) is 0 Å². The van der Waals surface area contributed by atoms with Gasteiger partial charge >= 0.3 is 0 Å². The topological polar surface area (TPSA) is 27.0 Å². The predicted molar refractivity (Wildman–Crippen MR) is 68.6 cm³/mol. The van der Waals surface area contributed by atoms with E-state index in [1.807, 2.05) is 25.8 Å². The molecule has 0 spiro atoms. The normalized spacial score (nSPS) is 11.3. The number of hydrogen-bond acceptors (Lipinski definition) is 2. The average Bonchev–Trinajstić information content (AvgIpc) is 2.28. The number of benzene rings is 1. The molecule has 1 rings (SSSR count). The molecule has 86 valence electrons. The maximum absolute atomic E-state index is 9.08. The van der Waals surface area contributed by atoms with E-state index in [1.54, 1.807) is 0 Å². The Balaban J connectivity index is 2.95. The van der Waals surface area contributed by atoms with E-state index >= 15 is 0 Å². The molecule has 0 aliphatic carbocycles. The van der Waals surface area contributed by atoms with Crippen molar-refractivity contribution >= 4 is 5.69 Å². The van der Waals surface area contributed by atoms with E-state index in [1.165, 1.54) is 5.56 Å². The van der Waals surface area contributed by atoms with Crippen LogP contribution in [0.4, 0.5) is 5.69 Å². The largest absolute Gasteiger partial charge is 0.357 e. The highest BCUT2D eigenvalue weighted by Gasteiger charge is 2.22. The van der Waals surface area contributed by atoms with Crippen LogP contribution in [0.15, 0.2) is 24.3 Å². The fraction of sp³-hybridized carbons (Fsp3) is 0.500. The van der Waals surface area contributed by atoms with Crippen LogP contribution in [0.5, 0.6) is 0 Å². The minimum atomic E-state index is -0.473. The third-order valence-electron chi connectivity index (χ3n) is 3.06. The summed E-state index contributed by atoms with van der Waals surface area (Å²) in [6.07, 6.45) is 0. The molecule has 0 aliphatic heterocycles. The molecule has 0 aliphatic rings. The smallest absolute Gasteiger partial charge is 0.121 e. The maximum Gasteiger partial charge on any atom is 0.121 e. The van der Waals surface area contributed by atoms with Crippen molar-refractivity contribution < 1.29 is 0 Å². The monoisotopic (exact) mass is 216 g/mol. The second-order valence-electron chi connectivity index (χ2n) is 4.98. The molecule has 1 aromatic rings. The molecule has 0 saturated heterocycles. The summed E-state index contributed by atoms with van der Waals surface area (Å²) < 4.78 is 0. The molecule has 0 heterocycles. The Morgan fingerprint density at radius 2 is 1.69 bits per heavy atom. The first kappa shape index (κ1) is 12.6. The molecule has 0 atom stereocenters. The summed E-state index contributed by atoms with van der Waals surface area (Å²) in [5.74, 6) is 0.545. The molecule has 0 fully saturated rings. The van der Waals surface area contributed by atoms with Gasteiger partial charge in [0.2, 0.25) is 0 Å². The third kappa shape index (κ3) is 2.55. The van der Waals surface area contributed by atoms with Gasteiger partial charge in [0.1, 0.15) is 5.54 Å². The molecule has 0 unspecified atom stereocenters. The van der Waals surface area contributed by atoms with Crippen molar-refractivity contribution in [3.05, 3.63) is 29.8 Å². The Labute approximate surface area is 98.5 Å². The maximum atomic E-state index is 9.08. The summed E-state index contributed by atoms with van der Waals surface area (Å²) in [6.45, 7) is 8.20. The number of nitriles is 1. The van der Waals surface area contributed by atoms with Crippen LogP contribution < -0.4 is 4.90 Å². The van der Waals surface area contributed by atoms with Crippen molar-refractivity contribution in [2.45, 2.75) is 39.2 Å². The van der Waals surface area contributed by atoms with Crippen LogP contribution in [0.1, 0.15) is 39.2 Å². The van der Waals surface area contributed by atoms with Gasteiger partial charge in [0, 0.05) is 12.7 Å². The highest BCUT2D eigenvalue weighted by atomic mass is 15.2. The standard InChI is InChI=1S/C14H20N2/c1-11(2)12-6-8-13(9-7-12)16(5)14(3,4)10-15/h6-9,11H,1-5H3. The zero-order valence-corrected chi connectivity index (χ0v) is 10.8. The summed E-state index contributed by atoms with van der Waals surface area (Å²) >= 11 is 0. The van der Waals surface area contributed by atoms with Crippen LogP contribution in [-0.4, -0.2) is 12.6 Å². The lowest BCUT2D eigenvalue weighted by molar-refractivity contribution is 0.617. The van der Waals surface area contributed by atoms with Crippen molar-refractivity contribution in [1.29, 1.82) is 5.26 Å².